The van der Waals surface area contributed by atoms with Gasteiger partial charge in [-0.1, -0.05) is 267 Å². The van der Waals surface area contributed by atoms with Gasteiger partial charge in [0.05, 0.1) is 19.8 Å². The van der Waals surface area contributed by atoms with Crippen molar-refractivity contribution in [1.82, 2.24) is 19.6 Å². The Morgan fingerprint density at radius 1 is 0.456 bits per heavy atom. The predicted molar refractivity (Wildman–Crippen MR) is 391 cm³/mol. The maximum Gasteiger partial charge on any atom is 0.337 e. The van der Waals surface area contributed by atoms with Gasteiger partial charge < -0.3 is 38.5 Å². The number of nitrogens with zero attached hydrogens (tertiary/aromatic N) is 4. The van der Waals surface area contributed by atoms with Gasteiger partial charge in [-0.15, -0.1) is 0 Å². The van der Waals surface area contributed by atoms with E-state index in [0.29, 0.717) is 25.6 Å². The molecule has 0 saturated carbocycles. The van der Waals surface area contributed by atoms with E-state index in [4.69, 9.17) is 18.9 Å². The minimum Gasteiger partial charge on any atom is -0.487 e. The third-order valence-corrected chi connectivity index (χ3v) is 21.0. The van der Waals surface area contributed by atoms with Gasteiger partial charge in [-0.3, -0.25) is 0 Å². The number of fused-ring (bicyclic) bond motifs is 1. The first-order valence-electron chi connectivity index (χ1n) is 39.9. The van der Waals surface area contributed by atoms with Crippen molar-refractivity contribution in [1.29, 1.82) is 0 Å². The smallest absolute Gasteiger partial charge is 0.337 e. The van der Waals surface area contributed by atoms with Crippen LogP contribution in [0.1, 0.15) is 347 Å². The number of ether oxygens (including phenoxy) is 4. The number of piperazine rings is 1. The molecule has 0 aliphatic carbocycles. The van der Waals surface area contributed by atoms with Crippen molar-refractivity contribution in [2.45, 2.75) is 358 Å². The fraction of sp³-hybridized carbons (Fsp3) is 0.914. The Kier molecular flexibility index (Phi) is 49.8. The fourth-order valence-corrected chi connectivity index (χ4v) is 14.5. The molecule has 2 heterocycles. The minimum absolute atomic E-state index is 0.0840. The first kappa shape index (κ1) is 82.5. The Hall–Kier alpha value is -1.75. The molecular formula is C81H154N4O5. The summed E-state index contributed by atoms with van der Waals surface area (Å²) < 4.78 is 25.0. The highest BCUT2D eigenvalue weighted by molar-refractivity contribution is 5.75. The van der Waals surface area contributed by atoms with Gasteiger partial charge in [-0.05, 0) is 166 Å². The molecule has 1 aromatic carbocycles. The van der Waals surface area contributed by atoms with Crippen LogP contribution < -0.4 is 9.47 Å². The summed E-state index contributed by atoms with van der Waals surface area (Å²) in [6.07, 6.45) is 58.2. The number of hydrogen-bond acceptors (Lipinski definition) is 9. The number of rotatable bonds is 62. The van der Waals surface area contributed by atoms with Crippen LogP contribution in [-0.2, 0) is 20.7 Å². The van der Waals surface area contributed by atoms with E-state index in [2.05, 4.69) is 95.8 Å². The zero-order valence-electron chi connectivity index (χ0n) is 62.3. The molecule has 0 bridgehead atoms. The summed E-state index contributed by atoms with van der Waals surface area (Å²) in [5.74, 6) is 3.76. The molecule has 1 saturated heterocycles. The molecule has 0 radical (unpaired) electrons. The average molecular weight is 1260 g/mol. The Labute approximate surface area is 560 Å². The van der Waals surface area contributed by atoms with Gasteiger partial charge in [0, 0.05) is 38.3 Å². The summed E-state index contributed by atoms with van der Waals surface area (Å²) >= 11 is 0. The maximum atomic E-state index is 13.3. The van der Waals surface area contributed by atoms with Crippen molar-refractivity contribution in [3.05, 3.63) is 22.3 Å². The lowest BCUT2D eigenvalue weighted by Crippen LogP contribution is -2.47. The van der Waals surface area contributed by atoms with Crippen molar-refractivity contribution in [2.24, 2.45) is 17.8 Å². The van der Waals surface area contributed by atoms with Crippen LogP contribution in [-0.4, -0.2) is 136 Å². The Bertz CT molecular complexity index is 1810. The number of unbranched alkanes of at least 4 members (excludes halogenated alkanes) is 27. The molecule has 1 aromatic rings. The second-order valence-corrected chi connectivity index (χ2v) is 30.2. The number of benzene rings is 1. The molecule has 0 amide bonds. The zero-order chi connectivity index (χ0) is 65.1. The van der Waals surface area contributed by atoms with Gasteiger partial charge in [-0.25, -0.2) is 4.79 Å². The van der Waals surface area contributed by atoms with Crippen LogP contribution in [0.15, 0.2) is 0 Å². The molecule has 2 unspecified atom stereocenters. The monoisotopic (exact) mass is 1260 g/mol. The molecule has 1 fully saturated rings. The largest absolute Gasteiger partial charge is 0.487 e. The lowest BCUT2D eigenvalue weighted by molar-refractivity contribution is -0.140. The van der Waals surface area contributed by atoms with Gasteiger partial charge >= 0.3 is 5.97 Å². The summed E-state index contributed by atoms with van der Waals surface area (Å²) in [5.41, 5.74) is 4.11. The Morgan fingerprint density at radius 3 is 1.29 bits per heavy atom. The second-order valence-electron chi connectivity index (χ2n) is 30.2. The lowest BCUT2D eigenvalue weighted by Gasteiger charge is -2.38. The van der Waals surface area contributed by atoms with Crippen LogP contribution in [0, 0.1) is 38.5 Å². The SMILES string of the molecule is CCCCCCCCCCCCN(CCCCCCCCCCCC)CCCN1CCN(CCCN(CCCCCCCCCCCC)CCOCCOCC(=O)Oc2c(C)c(C)c3c(c2C)CC[C@@](C)(CCCC(C)CCCC(C)CCCC(C)C)O3)CC1. The van der Waals surface area contributed by atoms with E-state index in [9.17, 15) is 4.79 Å². The summed E-state index contributed by atoms with van der Waals surface area (Å²) in [6.45, 7) is 41.0. The fourth-order valence-electron chi connectivity index (χ4n) is 14.5. The van der Waals surface area contributed by atoms with Crippen LogP contribution in [0.4, 0.5) is 0 Å². The lowest BCUT2D eigenvalue weighted by atomic mass is 9.83. The van der Waals surface area contributed by atoms with E-state index in [0.717, 1.165) is 79.1 Å². The van der Waals surface area contributed by atoms with E-state index in [1.165, 1.54) is 321 Å². The molecule has 9 heteroatoms. The number of hydrogen-bond donors (Lipinski definition) is 0. The van der Waals surface area contributed by atoms with E-state index >= 15 is 0 Å². The predicted octanol–water partition coefficient (Wildman–Crippen LogP) is 21.8. The quantitative estimate of drug-likeness (QED) is 0.0360. The van der Waals surface area contributed by atoms with Crippen LogP contribution in [0.2, 0.25) is 0 Å². The standard InChI is InChI=1S/C81H154N4O5/c1-12-15-18-21-24-27-30-33-36-39-55-82(56-40-37-34-31-28-25-22-19-16-13-2)58-45-60-84-62-64-85(65-63-84)61-46-59-83(57-41-38-35-32-29-26-23-20-17-14-3)66-67-87-68-69-88-70-78(86)89-79-74(8)75(9)80-77(76(79)10)52-54-81(11,90-80)53-44-51-73(7)50-43-49-72(6)48-42-47-71(4)5/h71-73H,12-70H2,1-11H3/t72?,73?,81-/m1/s1. The molecule has 0 N–H and O–H groups in total. The Morgan fingerprint density at radius 2 is 0.844 bits per heavy atom. The second kappa shape index (κ2) is 54.4. The average Bonchev–Trinajstić information content (AvgIpc) is 0.877. The number of carbonyl (C=O) groups excluding carboxylic acids is 1. The molecule has 0 spiro atoms. The van der Waals surface area contributed by atoms with Crippen molar-refractivity contribution in [3.8, 4) is 11.5 Å². The molecule has 3 atom stereocenters. The zero-order valence-corrected chi connectivity index (χ0v) is 62.3. The number of esters is 1. The molecule has 90 heavy (non-hydrogen) atoms. The van der Waals surface area contributed by atoms with Crippen molar-refractivity contribution < 1.29 is 23.7 Å². The van der Waals surface area contributed by atoms with E-state index in [-0.39, 0.29) is 18.2 Å². The first-order valence-corrected chi connectivity index (χ1v) is 39.9. The minimum atomic E-state index is -0.354. The summed E-state index contributed by atoms with van der Waals surface area (Å²) in [5, 5.41) is 0. The van der Waals surface area contributed by atoms with Crippen LogP contribution >= 0.6 is 0 Å². The maximum absolute atomic E-state index is 13.3. The highest BCUT2D eigenvalue weighted by Gasteiger charge is 2.35. The molecular weight excluding hydrogens is 1110 g/mol. The van der Waals surface area contributed by atoms with Crippen LogP contribution in [0.5, 0.6) is 11.5 Å². The van der Waals surface area contributed by atoms with Crippen LogP contribution in [0.3, 0.4) is 0 Å². The van der Waals surface area contributed by atoms with Gasteiger partial charge in [0.2, 0.25) is 0 Å². The van der Waals surface area contributed by atoms with Gasteiger partial charge in [-0.2, -0.15) is 0 Å². The molecule has 9 nitrogen and oxygen atoms in total. The Balaban J connectivity index is 1.37. The highest BCUT2D eigenvalue weighted by Crippen LogP contribution is 2.45. The van der Waals surface area contributed by atoms with Crippen molar-refractivity contribution in [3.63, 3.8) is 0 Å². The van der Waals surface area contributed by atoms with Gasteiger partial charge in [0.1, 0.15) is 23.7 Å². The van der Waals surface area contributed by atoms with Gasteiger partial charge in [0.15, 0.2) is 0 Å². The van der Waals surface area contributed by atoms with Crippen LogP contribution in [0.25, 0.3) is 0 Å². The third-order valence-electron chi connectivity index (χ3n) is 21.0. The van der Waals surface area contributed by atoms with Crippen molar-refractivity contribution >= 4 is 5.97 Å². The first-order chi connectivity index (χ1) is 43.8. The summed E-state index contributed by atoms with van der Waals surface area (Å²) in [7, 11) is 0. The van der Waals surface area contributed by atoms with E-state index in [1.54, 1.807) is 0 Å². The van der Waals surface area contributed by atoms with Gasteiger partial charge in [0.25, 0.3) is 0 Å². The third kappa shape index (κ3) is 40.6. The molecule has 2 aliphatic heterocycles. The summed E-state index contributed by atoms with van der Waals surface area (Å²) in [6, 6.07) is 0. The molecule has 528 valence electrons. The van der Waals surface area contributed by atoms with E-state index in [1.807, 2.05) is 0 Å². The van der Waals surface area contributed by atoms with Crippen molar-refractivity contribution in [2.75, 3.05) is 105 Å². The van der Waals surface area contributed by atoms with E-state index < -0.39 is 0 Å². The molecule has 0 aromatic heterocycles. The number of carbonyl (C=O) groups is 1. The molecule has 3 rings (SSSR count). The summed E-state index contributed by atoms with van der Waals surface area (Å²) in [4.78, 5) is 24.3. The molecule has 2 aliphatic rings. The highest BCUT2D eigenvalue weighted by atomic mass is 16.6. The normalized spacial score (nSPS) is 16.4. The topological polar surface area (TPSA) is 67.0 Å².